The molecule has 0 aliphatic carbocycles. The van der Waals surface area contributed by atoms with E-state index >= 15 is 0 Å². The van der Waals surface area contributed by atoms with Crippen molar-refractivity contribution in [3.05, 3.63) is 120 Å². The van der Waals surface area contributed by atoms with Gasteiger partial charge in [-0.25, -0.2) is 9.59 Å². The molecule has 6 nitrogen and oxygen atoms in total. The smallest absolute Gasteiger partial charge is 0.412 e. The fourth-order valence-corrected chi connectivity index (χ4v) is 8.83. The highest BCUT2D eigenvalue weighted by Crippen LogP contribution is 2.46. The summed E-state index contributed by atoms with van der Waals surface area (Å²) in [7, 11) is 0. The second-order valence-corrected chi connectivity index (χ2v) is 19.5. The molecule has 0 aliphatic rings. The highest BCUT2D eigenvalue weighted by Gasteiger charge is 2.23. The minimum Gasteiger partial charge on any atom is -0.444 e. The third-order valence-corrected chi connectivity index (χ3v) is 11.8. The maximum absolute atomic E-state index is 12.6. The maximum atomic E-state index is 12.6. The Labute approximate surface area is 402 Å². The number of carbonyl (C=O) groups is 2. The van der Waals surface area contributed by atoms with E-state index in [1.807, 2.05) is 65.8 Å². The molecule has 0 heterocycles. The summed E-state index contributed by atoms with van der Waals surface area (Å²) >= 11 is 3.53. The predicted octanol–water partition coefficient (Wildman–Crippen LogP) is 18.0. The fraction of sp³-hybridized carbons (Fsp3) is 0.424. The van der Waals surface area contributed by atoms with Gasteiger partial charge < -0.3 is 9.47 Å². The second kappa shape index (κ2) is 25.0. The molecular formula is C59H76N2O4S. The number of ether oxygens (including phenoxy) is 2. The second-order valence-electron chi connectivity index (χ2n) is 19.5. The third kappa shape index (κ3) is 14.9. The van der Waals surface area contributed by atoms with Crippen LogP contribution in [0.5, 0.6) is 0 Å². The highest BCUT2D eigenvalue weighted by molar-refractivity contribution is 7.79. The number of aryl methyl sites for hydroxylation is 2. The van der Waals surface area contributed by atoms with Gasteiger partial charge in [-0.05, 0) is 176 Å². The normalized spacial score (nSPS) is 11.5. The summed E-state index contributed by atoms with van der Waals surface area (Å²) in [5, 5.41) is 10.8. The lowest BCUT2D eigenvalue weighted by molar-refractivity contribution is 0.0624. The Morgan fingerprint density at radius 3 is 1.11 bits per heavy atom. The molecule has 6 aromatic carbocycles. The van der Waals surface area contributed by atoms with Crippen molar-refractivity contribution in [2.75, 3.05) is 16.9 Å². The van der Waals surface area contributed by atoms with Gasteiger partial charge in [-0.3, -0.25) is 10.6 Å². The zero-order valence-corrected chi connectivity index (χ0v) is 42.3. The lowest BCUT2D eigenvalue weighted by atomic mass is 9.80. The number of carbonyl (C=O) groups excluding carboxylic acids is 2. The van der Waals surface area contributed by atoms with Crippen molar-refractivity contribution in [1.29, 1.82) is 0 Å². The topological polar surface area (TPSA) is 76.7 Å². The van der Waals surface area contributed by atoms with Crippen molar-refractivity contribution in [3.8, 4) is 33.4 Å². The Hall–Kier alpha value is -5.27. The minimum atomic E-state index is -0.578. The molecule has 0 radical (unpaired) electrons. The molecule has 0 fully saturated rings. The first-order valence-electron chi connectivity index (χ1n) is 24.5. The minimum absolute atomic E-state index is 0.460. The van der Waals surface area contributed by atoms with E-state index in [1.165, 1.54) is 119 Å². The molecule has 0 aliphatic heterocycles. The van der Waals surface area contributed by atoms with Crippen molar-refractivity contribution >= 4 is 57.7 Å². The molecule has 0 saturated carbocycles. The van der Waals surface area contributed by atoms with Crippen LogP contribution in [0.4, 0.5) is 21.0 Å². The van der Waals surface area contributed by atoms with E-state index in [4.69, 9.17) is 9.47 Å². The predicted molar refractivity (Wildman–Crippen MR) is 287 cm³/mol. The molecule has 2 N–H and O–H groups in total. The van der Waals surface area contributed by atoms with Crippen LogP contribution < -0.4 is 10.6 Å². The molecule has 0 unspecified atom stereocenters. The van der Waals surface area contributed by atoms with E-state index in [0.29, 0.717) is 11.4 Å². The number of fused-ring (bicyclic) bond motifs is 2. The van der Waals surface area contributed by atoms with Crippen LogP contribution in [0.1, 0.15) is 144 Å². The van der Waals surface area contributed by atoms with Gasteiger partial charge in [-0.1, -0.05) is 151 Å². The van der Waals surface area contributed by atoms with Crippen LogP contribution in [0.25, 0.3) is 54.9 Å². The number of rotatable bonds is 19. The van der Waals surface area contributed by atoms with Gasteiger partial charge in [-0.15, -0.1) is 0 Å². The van der Waals surface area contributed by atoms with Crippen molar-refractivity contribution in [3.63, 3.8) is 0 Å². The monoisotopic (exact) mass is 909 g/mol. The van der Waals surface area contributed by atoms with Crippen molar-refractivity contribution in [1.82, 2.24) is 0 Å². The molecule has 66 heavy (non-hydrogen) atoms. The van der Waals surface area contributed by atoms with E-state index in [0.717, 1.165) is 36.8 Å². The summed E-state index contributed by atoms with van der Waals surface area (Å²) in [5.41, 5.74) is 10.3. The third-order valence-electron chi connectivity index (χ3n) is 11.8. The molecule has 352 valence electrons. The molecular weight excluding hydrogens is 833 g/mol. The van der Waals surface area contributed by atoms with Crippen LogP contribution in [-0.4, -0.2) is 29.6 Å². The fourth-order valence-electron chi connectivity index (χ4n) is 8.83. The quantitative estimate of drug-likeness (QED) is 0.0559. The van der Waals surface area contributed by atoms with Crippen LogP contribution in [0.3, 0.4) is 0 Å². The van der Waals surface area contributed by atoms with Gasteiger partial charge in [0.05, 0.1) is 0 Å². The molecule has 0 spiro atoms. The summed E-state index contributed by atoms with van der Waals surface area (Å²) in [5.74, 6) is 0. The summed E-state index contributed by atoms with van der Waals surface area (Å²) in [6.07, 6.45) is 17.5. The maximum Gasteiger partial charge on any atom is 0.412 e. The van der Waals surface area contributed by atoms with Gasteiger partial charge in [-0.2, -0.15) is 12.6 Å². The van der Waals surface area contributed by atoms with E-state index < -0.39 is 23.4 Å². The van der Waals surface area contributed by atoms with Crippen molar-refractivity contribution < 1.29 is 19.1 Å². The van der Waals surface area contributed by atoms with Crippen LogP contribution in [0.2, 0.25) is 0 Å². The van der Waals surface area contributed by atoms with E-state index in [1.54, 1.807) is 6.26 Å². The number of benzene rings is 6. The number of unbranched alkanes of at least 4 members (excludes halogenated alkanes) is 10. The standard InChI is InChI=1S/C58H72N2O4.CH4S/c1-9-11-13-15-17-19-25-43-39-51(41-31-35-45(36-32-41)59-55(61)63-57(3,4)5)47-27-21-23-29-49(47)53(43)54-44(26-20-18-16-14-12-10-2)40-52(48-28-22-24-30-50(48)54)42-33-37-46(38-34-42)60-56(62)64-58(6,7)8;1-2/h21-24,27-40H,9-20,25-26H2,1-8H3,(H,59,61)(H,60,62);2H,1H3. The summed E-state index contributed by atoms with van der Waals surface area (Å²) in [4.78, 5) is 25.3. The molecule has 6 aromatic rings. The van der Waals surface area contributed by atoms with E-state index in [-0.39, 0.29) is 0 Å². The number of anilines is 2. The summed E-state index contributed by atoms with van der Waals surface area (Å²) in [6.45, 7) is 15.8. The van der Waals surface area contributed by atoms with Gasteiger partial charge in [0.15, 0.2) is 0 Å². The van der Waals surface area contributed by atoms with Gasteiger partial charge >= 0.3 is 12.2 Å². The lowest BCUT2D eigenvalue weighted by Crippen LogP contribution is -2.27. The Bertz CT molecular complexity index is 2300. The number of hydrogen-bond acceptors (Lipinski definition) is 5. The van der Waals surface area contributed by atoms with Crippen LogP contribution >= 0.6 is 12.6 Å². The Balaban J connectivity index is 0.00000403. The molecule has 0 bridgehead atoms. The number of nitrogens with one attached hydrogen (secondary N) is 2. The molecule has 0 saturated heterocycles. The first-order valence-corrected chi connectivity index (χ1v) is 25.4. The molecule has 2 amide bonds. The lowest BCUT2D eigenvalue weighted by Gasteiger charge is -2.23. The average Bonchev–Trinajstić information content (AvgIpc) is 3.28. The zero-order chi connectivity index (χ0) is 47.7. The first-order chi connectivity index (χ1) is 31.7. The Kier molecular flexibility index (Phi) is 19.6. The number of amides is 2. The highest BCUT2D eigenvalue weighted by atomic mass is 32.1. The first kappa shape index (κ1) is 51.7. The SMILES string of the molecule is CCCCCCCCc1cc(-c2ccc(NC(=O)OC(C)(C)C)cc2)c2ccccc2c1-c1c(CCCCCCCC)cc(-c2ccc(NC(=O)OC(C)(C)C)cc2)c2ccccc12.CS. The zero-order valence-electron chi connectivity index (χ0n) is 41.4. The van der Waals surface area contributed by atoms with Gasteiger partial charge in [0.25, 0.3) is 0 Å². The largest absolute Gasteiger partial charge is 0.444 e. The molecule has 0 atom stereocenters. The Morgan fingerprint density at radius 1 is 0.455 bits per heavy atom. The van der Waals surface area contributed by atoms with Crippen molar-refractivity contribution in [2.24, 2.45) is 0 Å². The molecule has 7 heteroatoms. The van der Waals surface area contributed by atoms with E-state index in [9.17, 15) is 9.59 Å². The van der Waals surface area contributed by atoms with Gasteiger partial charge in [0, 0.05) is 11.4 Å². The summed E-state index contributed by atoms with van der Waals surface area (Å²) < 4.78 is 11.1. The van der Waals surface area contributed by atoms with Crippen LogP contribution in [0.15, 0.2) is 109 Å². The van der Waals surface area contributed by atoms with Gasteiger partial charge in [0.1, 0.15) is 11.2 Å². The number of hydrogen-bond donors (Lipinski definition) is 3. The van der Waals surface area contributed by atoms with Crippen LogP contribution in [0, 0.1) is 0 Å². The average molecular weight is 909 g/mol. The van der Waals surface area contributed by atoms with Crippen LogP contribution in [-0.2, 0) is 22.3 Å². The number of thiol groups is 1. The van der Waals surface area contributed by atoms with Gasteiger partial charge in [0.2, 0.25) is 0 Å². The molecule has 0 aromatic heterocycles. The van der Waals surface area contributed by atoms with E-state index in [2.05, 4.69) is 122 Å². The summed E-state index contributed by atoms with van der Waals surface area (Å²) in [6, 6.07) is 39.2. The molecule has 6 rings (SSSR count). The van der Waals surface area contributed by atoms with Crippen molar-refractivity contribution in [2.45, 2.75) is 156 Å². The Morgan fingerprint density at radius 2 is 0.773 bits per heavy atom.